The number of nitrogens with one attached hydrogen (secondary N) is 2. The zero-order valence-electron chi connectivity index (χ0n) is 28.2. The molecule has 0 unspecified atom stereocenters. The molecule has 0 aliphatic heterocycles. The molecule has 0 aliphatic rings. The van der Waals surface area contributed by atoms with E-state index in [0.29, 0.717) is 34.4 Å². The molecule has 6 aromatic rings. The number of benzene rings is 2. The number of carbonyl (C=O) groups excluding carboxylic acids is 2. The molecule has 270 valence electrons. The van der Waals surface area contributed by atoms with Gasteiger partial charge in [0.1, 0.15) is 11.1 Å². The summed E-state index contributed by atoms with van der Waals surface area (Å²) < 4.78 is 6.96. The predicted octanol–water partition coefficient (Wildman–Crippen LogP) is 3.69. The summed E-state index contributed by atoms with van der Waals surface area (Å²) in [6, 6.07) is 14.1. The minimum absolute atomic E-state index is 0. The Hall–Kier alpha value is -4.57. The summed E-state index contributed by atoms with van der Waals surface area (Å²) in [7, 11) is 0. The zero-order chi connectivity index (χ0) is 37.6. The molecule has 2 aromatic carbocycles. The number of aliphatic hydroxyl groups excluding tert-OH is 1. The number of nitrogens with zero attached hydrogens (tertiary/aromatic N) is 6. The van der Waals surface area contributed by atoms with E-state index < -0.39 is 22.9 Å². The van der Waals surface area contributed by atoms with Gasteiger partial charge in [-0.05, 0) is 35.4 Å². The first-order chi connectivity index (χ1) is 25.0. The maximum Gasteiger partial charge on any atom is 3.00 e. The van der Waals surface area contributed by atoms with Crippen molar-refractivity contribution in [2.45, 2.75) is 19.7 Å². The van der Waals surface area contributed by atoms with Crippen LogP contribution in [-0.2, 0) is 57.1 Å². The largest absolute Gasteiger partial charge is 3.00 e. The quantitative estimate of drug-likeness (QED) is 0.182. The summed E-state index contributed by atoms with van der Waals surface area (Å²) in [5.41, 5.74) is 1.55. The van der Waals surface area contributed by atoms with Crippen LogP contribution in [0.15, 0.2) is 95.3 Å². The molecule has 0 atom stereocenters. The van der Waals surface area contributed by atoms with Gasteiger partial charge in [-0.1, -0.05) is 73.1 Å². The van der Waals surface area contributed by atoms with Crippen LogP contribution in [0.3, 0.4) is 0 Å². The minimum atomic E-state index is -0.545. The van der Waals surface area contributed by atoms with Gasteiger partial charge in [0.05, 0.1) is 6.61 Å². The average molecular weight is 834 g/mol. The monoisotopic (exact) mass is 832 g/mol. The summed E-state index contributed by atoms with van der Waals surface area (Å²) in [6.07, 6.45) is 8.25. The number of carbonyl (C=O) groups is 2. The topological polar surface area (TPSA) is 182 Å². The molecule has 53 heavy (non-hydrogen) atoms. The van der Waals surface area contributed by atoms with Crippen LogP contribution in [0.5, 0.6) is 0 Å². The molecular weight excluding hydrogens is 800 g/mol. The van der Waals surface area contributed by atoms with E-state index in [1.54, 1.807) is 48.5 Å². The molecule has 4 aromatic heterocycles. The van der Waals surface area contributed by atoms with Crippen LogP contribution < -0.4 is 21.8 Å². The number of hydrogen-bond acceptors (Lipinski definition) is 10. The van der Waals surface area contributed by atoms with E-state index in [2.05, 4.69) is 56.1 Å². The van der Waals surface area contributed by atoms with Gasteiger partial charge in [-0.2, -0.15) is 12.5 Å². The maximum absolute atomic E-state index is 12.4. The molecule has 2 amide bonds. The molecule has 6 rings (SSSR count). The standard InChI is InChI=1S/C16H13ClN4O3.C16H12ClN4O2.C4H8O.Y/c17-12-3-1-10(2-4-12)5-18-14(23)13-7-20-16-19-6-11(9-22)8-21(16)15(13)24;1-10-6-19-16-20-8-13(15(23)21(16)9-10)14(22)18-7-11-2-4-12(17)5-3-11;1-3-5-4-2;/h1-4,6-8,22H,5,9H2,(H,18,23);2-6,8-9H,1,7H2,(H,18,22);1-4H2;/q;-1;-2;+3. The van der Waals surface area contributed by atoms with Crippen molar-refractivity contribution in [3.8, 4) is 0 Å². The van der Waals surface area contributed by atoms with Crippen LogP contribution in [-0.4, -0.2) is 58.9 Å². The molecule has 3 N–H and O–H groups in total. The van der Waals surface area contributed by atoms with Crippen LogP contribution in [0, 0.1) is 20.8 Å². The second-order valence-electron chi connectivity index (χ2n) is 10.6. The summed E-state index contributed by atoms with van der Waals surface area (Å²) in [5.74, 6) is -0.657. The fourth-order valence-electron chi connectivity index (χ4n) is 4.28. The third-order valence-electron chi connectivity index (χ3n) is 6.92. The SMILES string of the molecule is O=C(NCc1ccc(Cl)cc1)c1cnc2ncc(CO)cn2c1=O.[CH2-]COC[CH2-].[CH2-]c1cnc2ncc(C(=O)NCc3ccc(Cl)cc3)c(=O)n2c1.[Y+3]. The van der Waals surface area contributed by atoms with Gasteiger partial charge in [-0.3, -0.25) is 28.6 Å². The second-order valence-corrected chi connectivity index (χ2v) is 11.5. The number of amides is 2. The fraction of sp³-hybridized carbons (Fsp3) is 0.139. The molecule has 0 fully saturated rings. The Morgan fingerprint density at radius 3 is 1.51 bits per heavy atom. The van der Waals surface area contributed by atoms with Gasteiger partial charge in [0.15, 0.2) is 0 Å². The smallest absolute Gasteiger partial charge is 0.445 e. The Morgan fingerprint density at radius 1 is 0.679 bits per heavy atom. The van der Waals surface area contributed by atoms with Gasteiger partial charge < -0.3 is 38.7 Å². The Balaban J connectivity index is 0.000000249. The van der Waals surface area contributed by atoms with Crippen molar-refractivity contribution in [2.75, 3.05) is 13.2 Å². The van der Waals surface area contributed by atoms with E-state index in [4.69, 9.17) is 28.3 Å². The van der Waals surface area contributed by atoms with Gasteiger partial charge >= 0.3 is 32.7 Å². The van der Waals surface area contributed by atoms with Crippen molar-refractivity contribution < 1.29 is 52.1 Å². The predicted molar refractivity (Wildman–Crippen MR) is 196 cm³/mol. The average Bonchev–Trinajstić information content (AvgIpc) is 3.15. The molecule has 0 radical (unpaired) electrons. The number of aliphatic hydroxyl groups is 1. The first kappa shape index (κ1) is 42.8. The number of hydrogen-bond donors (Lipinski definition) is 3. The molecule has 0 spiro atoms. The Bertz CT molecular complexity index is 2270. The zero-order valence-corrected chi connectivity index (χ0v) is 32.6. The molecule has 0 aliphatic carbocycles. The summed E-state index contributed by atoms with van der Waals surface area (Å²) >= 11 is 11.6. The molecule has 0 saturated heterocycles. The number of fused-ring (bicyclic) bond motifs is 2. The van der Waals surface area contributed by atoms with E-state index in [9.17, 15) is 19.2 Å². The van der Waals surface area contributed by atoms with Crippen LogP contribution in [0.1, 0.15) is 43.0 Å². The second kappa shape index (κ2) is 21.2. The van der Waals surface area contributed by atoms with Crippen LogP contribution in [0.4, 0.5) is 0 Å². The van der Waals surface area contributed by atoms with Crippen molar-refractivity contribution >= 4 is 46.6 Å². The normalized spacial score (nSPS) is 10.3. The summed E-state index contributed by atoms with van der Waals surface area (Å²) in [5, 5.41) is 15.7. The van der Waals surface area contributed by atoms with Gasteiger partial charge in [0.2, 0.25) is 11.6 Å². The van der Waals surface area contributed by atoms with Gasteiger partial charge in [0.25, 0.3) is 22.9 Å². The third kappa shape index (κ3) is 12.2. The van der Waals surface area contributed by atoms with Crippen molar-refractivity contribution in [2.24, 2.45) is 0 Å². The first-order valence-corrected chi connectivity index (χ1v) is 16.2. The summed E-state index contributed by atoms with van der Waals surface area (Å²) in [6.45, 7) is 11.9. The van der Waals surface area contributed by atoms with Gasteiger partial charge in [-0.25, -0.2) is 15.0 Å². The first-order valence-electron chi connectivity index (χ1n) is 15.4. The Labute approximate surface area is 339 Å². The number of rotatable bonds is 9. The van der Waals surface area contributed by atoms with Crippen molar-refractivity contribution in [1.82, 2.24) is 39.4 Å². The Kier molecular flexibility index (Phi) is 17.1. The minimum Gasteiger partial charge on any atom is -0.445 e. The van der Waals surface area contributed by atoms with E-state index >= 15 is 0 Å². The van der Waals surface area contributed by atoms with Crippen LogP contribution in [0.25, 0.3) is 11.6 Å². The van der Waals surface area contributed by atoms with E-state index in [0.717, 1.165) is 15.5 Å². The molecule has 0 bridgehead atoms. The van der Waals surface area contributed by atoms with Crippen molar-refractivity contribution in [3.63, 3.8) is 0 Å². The van der Waals surface area contributed by atoms with Gasteiger partial charge in [-0.15, -0.1) is 0 Å². The molecule has 14 nitrogen and oxygen atoms in total. The molecule has 0 saturated carbocycles. The molecule has 17 heteroatoms. The molecular formula is C36H33Cl2N8O6Y. The Morgan fingerprint density at radius 2 is 1.09 bits per heavy atom. The van der Waals surface area contributed by atoms with E-state index in [1.165, 1.54) is 41.6 Å². The number of ether oxygens (including phenoxy) is 1. The van der Waals surface area contributed by atoms with Crippen molar-refractivity contribution in [1.29, 1.82) is 0 Å². The summed E-state index contributed by atoms with van der Waals surface area (Å²) in [4.78, 5) is 65.2. The van der Waals surface area contributed by atoms with E-state index in [1.807, 2.05) is 0 Å². The number of aromatic nitrogens is 6. The number of halogens is 2. The van der Waals surface area contributed by atoms with Gasteiger partial charge in [0, 0.05) is 53.5 Å². The third-order valence-corrected chi connectivity index (χ3v) is 7.43. The van der Waals surface area contributed by atoms with Crippen LogP contribution in [0.2, 0.25) is 10.0 Å². The fourth-order valence-corrected chi connectivity index (χ4v) is 4.53. The maximum atomic E-state index is 12.4. The molecule has 4 heterocycles. The van der Waals surface area contributed by atoms with Crippen molar-refractivity contribution in [3.05, 3.63) is 171 Å². The van der Waals surface area contributed by atoms with Crippen LogP contribution >= 0.6 is 23.2 Å². The van der Waals surface area contributed by atoms with E-state index in [-0.39, 0.29) is 75.1 Å².